The van der Waals surface area contributed by atoms with E-state index >= 15 is 0 Å². The van der Waals surface area contributed by atoms with Gasteiger partial charge in [0.25, 0.3) is 0 Å². The Kier molecular flexibility index (Phi) is 4.50. The molecule has 1 saturated heterocycles. The van der Waals surface area contributed by atoms with E-state index in [9.17, 15) is 4.79 Å². The predicted molar refractivity (Wildman–Crippen MR) is 83.9 cm³/mol. The minimum atomic E-state index is 0.00919. The van der Waals surface area contributed by atoms with Crippen LogP contribution >= 0.6 is 22.7 Å². The van der Waals surface area contributed by atoms with E-state index in [0.717, 1.165) is 19.4 Å². The van der Waals surface area contributed by atoms with Gasteiger partial charge in [0.1, 0.15) is 0 Å². The molecule has 2 aromatic heterocycles. The lowest BCUT2D eigenvalue weighted by Gasteiger charge is -2.25. The van der Waals surface area contributed by atoms with E-state index in [1.165, 1.54) is 9.75 Å². The molecule has 1 N–H and O–H groups in total. The number of carbonyl (C=O) groups is 1. The van der Waals surface area contributed by atoms with Gasteiger partial charge in [-0.1, -0.05) is 12.1 Å². The van der Waals surface area contributed by atoms with Crippen LogP contribution in [0.2, 0.25) is 0 Å². The largest absolute Gasteiger partial charge is 0.331 e. The van der Waals surface area contributed by atoms with Crippen molar-refractivity contribution in [1.29, 1.82) is 0 Å². The zero-order chi connectivity index (χ0) is 13.8. The van der Waals surface area contributed by atoms with Gasteiger partial charge in [0.2, 0.25) is 5.91 Å². The van der Waals surface area contributed by atoms with E-state index in [2.05, 4.69) is 28.2 Å². The van der Waals surface area contributed by atoms with E-state index in [0.29, 0.717) is 13.1 Å². The molecule has 1 amide bonds. The van der Waals surface area contributed by atoms with Crippen LogP contribution in [0.15, 0.2) is 35.0 Å². The lowest BCUT2D eigenvalue weighted by Crippen LogP contribution is -2.42. The first-order chi connectivity index (χ1) is 9.83. The highest BCUT2D eigenvalue weighted by Crippen LogP contribution is 2.19. The number of amides is 1. The van der Waals surface area contributed by atoms with E-state index < -0.39 is 0 Å². The zero-order valence-corrected chi connectivity index (χ0v) is 12.9. The molecule has 1 atom stereocenters. The van der Waals surface area contributed by atoms with Crippen molar-refractivity contribution >= 4 is 28.6 Å². The molecule has 3 nitrogen and oxygen atoms in total. The van der Waals surface area contributed by atoms with Gasteiger partial charge in [-0.25, -0.2) is 0 Å². The van der Waals surface area contributed by atoms with Crippen LogP contribution in [0.25, 0.3) is 0 Å². The molecular weight excluding hydrogens is 288 g/mol. The van der Waals surface area contributed by atoms with Gasteiger partial charge >= 0.3 is 0 Å². The standard InChI is InChI=1S/C15H18N2OS2/c18-15(14-6-1-7-16-14)17(10-12-4-2-8-19-12)11-13-5-3-9-20-13/h2-5,8-9,14,16H,1,6-7,10-11H2/t14-/m1/s1. The van der Waals surface area contributed by atoms with Crippen molar-refractivity contribution in [2.75, 3.05) is 6.54 Å². The highest BCUT2D eigenvalue weighted by Gasteiger charge is 2.27. The van der Waals surface area contributed by atoms with Gasteiger partial charge in [-0.3, -0.25) is 4.79 Å². The molecule has 2 aromatic rings. The number of thiophene rings is 2. The molecular formula is C15H18N2OS2. The minimum Gasteiger partial charge on any atom is -0.331 e. The Labute approximate surface area is 127 Å². The van der Waals surface area contributed by atoms with Gasteiger partial charge in [0.15, 0.2) is 0 Å². The number of carbonyl (C=O) groups excluding carboxylic acids is 1. The Balaban J connectivity index is 1.73. The number of nitrogens with zero attached hydrogens (tertiary/aromatic N) is 1. The third-order valence-corrected chi connectivity index (χ3v) is 5.25. The summed E-state index contributed by atoms with van der Waals surface area (Å²) in [7, 11) is 0. The summed E-state index contributed by atoms with van der Waals surface area (Å²) < 4.78 is 0. The van der Waals surface area contributed by atoms with E-state index in [1.54, 1.807) is 22.7 Å². The first-order valence-corrected chi connectivity index (χ1v) is 8.66. The van der Waals surface area contributed by atoms with Crippen LogP contribution in [0.3, 0.4) is 0 Å². The minimum absolute atomic E-state index is 0.00919. The molecule has 0 bridgehead atoms. The second-order valence-electron chi connectivity index (χ2n) is 5.00. The summed E-state index contributed by atoms with van der Waals surface area (Å²) >= 11 is 3.43. The molecule has 106 valence electrons. The predicted octanol–water partition coefficient (Wildman–Crippen LogP) is 3.09. The SMILES string of the molecule is O=C([C@H]1CCCN1)N(Cc1cccs1)Cc1cccs1. The second-order valence-corrected chi connectivity index (χ2v) is 7.07. The summed E-state index contributed by atoms with van der Waals surface area (Å²) in [5.41, 5.74) is 0. The summed E-state index contributed by atoms with van der Waals surface area (Å²) in [5.74, 6) is 0.240. The fourth-order valence-corrected chi connectivity index (χ4v) is 3.95. The van der Waals surface area contributed by atoms with Crippen LogP contribution < -0.4 is 5.32 Å². The van der Waals surface area contributed by atoms with Crippen LogP contribution in [0.4, 0.5) is 0 Å². The van der Waals surface area contributed by atoms with Gasteiger partial charge in [0, 0.05) is 9.75 Å². The molecule has 20 heavy (non-hydrogen) atoms. The molecule has 0 saturated carbocycles. The molecule has 3 rings (SSSR count). The molecule has 3 heterocycles. The first-order valence-electron chi connectivity index (χ1n) is 6.90. The van der Waals surface area contributed by atoms with Crippen LogP contribution in [0.1, 0.15) is 22.6 Å². The normalized spacial score (nSPS) is 18.3. The van der Waals surface area contributed by atoms with Crippen molar-refractivity contribution in [3.63, 3.8) is 0 Å². The average Bonchev–Trinajstić information content (AvgIpc) is 3.20. The van der Waals surface area contributed by atoms with Crippen LogP contribution in [-0.2, 0) is 17.9 Å². The first kappa shape index (κ1) is 13.8. The summed E-state index contributed by atoms with van der Waals surface area (Å²) in [6.07, 6.45) is 2.06. The maximum Gasteiger partial charge on any atom is 0.240 e. The number of hydrogen-bond acceptors (Lipinski definition) is 4. The topological polar surface area (TPSA) is 32.3 Å². The summed E-state index contributed by atoms with van der Waals surface area (Å²) in [6, 6.07) is 8.29. The fraction of sp³-hybridized carbons (Fsp3) is 0.400. The van der Waals surface area contributed by atoms with Crippen molar-refractivity contribution in [1.82, 2.24) is 10.2 Å². The van der Waals surface area contributed by atoms with Crippen LogP contribution in [-0.4, -0.2) is 23.4 Å². The molecule has 0 spiro atoms. The molecule has 0 unspecified atom stereocenters. The maximum absolute atomic E-state index is 12.7. The fourth-order valence-electron chi connectivity index (χ4n) is 2.51. The Morgan fingerprint density at radius 1 is 1.20 bits per heavy atom. The summed E-state index contributed by atoms with van der Waals surface area (Å²) in [6.45, 7) is 2.39. The Morgan fingerprint density at radius 3 is 2.30 bits per heavy atom. The van der Waals surface area contributed by atoms with Gasteiger partial charge in [-0.05, 0) is 42.3 Å². The molecule has 1 aliphatic rings. The van der Waals surface area contributed by atoms with Gasteiger partial charge in [-0.2, -0.15) is 0 Å². The average molecular weight is 306 g/mol. The third-order valence-electron chi connectivity index (χ3n) is 3.52. The number of hydrogen-bond donors (Lipinski definition) is 1. The van der Waals surface area contributed by atoms with Crippen molar-refractivity contribution in [3.8, 4) is 0 Å². The summed E-state index contributed by atoms with van der Waals surface area (Å²) in [4.78, 5) is 17.1. The molecule has 1 fully saturated rings. The van der Waals surface area contributed by atoms with Crippen molar-refractivity contribution in [2.45, 2.75) is 32.0 Å². The van der Waals surface area contributed by atoms with Crippen LogP contribution in [0.5, 0.6) is 0 Å². The molecule has 0 aromatic carbocycles. The lowest BCUT2D eigenvalue weighted by atomic mass is 10.2. The van der Waals surface area contributed by atoms with Crippen LogP contribution in [0, 0.1) is 0 Å². The zero-order valence-electron chi connectivity index (χ0n) is 11.2. The van der Waals surface area contributed by atoms with E-state index in [4.69, 9.17) is 0 Å². The van der Waals surface area contributed by atoms with Crippen molar-refractivity contribution in [3.05, 3.63) is 44.8 Å². The lowest BCUT2D eigenvalue weighted by molar-refractivity contribution is -0.134. The highest BCUT2D eigenvalue weighted by molar-refractivity contribution is 7.10. The summed E-state index contributed by atoms with van der Waals surface area (Å²) in [5, 5.41) is 7.44. The Morgan fingerprint density at radius 2 is 1.85 bits per heavy atom. The molecule has 1 aliphatic heterocycles. The maximum atomic E-state index is 12.7. The molecule has 0 aliphatic carbocycles. The smallest absolute Gasteiger partial charge is 0.240 e. The quantitative estimate of drug-likeness (QED) is 0.920. The molecule has 5 heteroatoms. The number of nitrogens with one attached hydrogen (secondary N) is 1. The van der Waals surface area contributed by atoms with Crippen molar-refractivity contribution in [2.24, 2.45) is 0 Å². The Hall–Kier alpha value is -1.17. The monoisotopic (exact) mass is 306 g/mol. The van der Waals surface area contributed by atoms with Crippen molar-refractivity contribution < 1.29 is 4.79 Å². The van der Waals surface area contributed by atoms with Gasteiger partial charge < -0.3 is 10.2 Å². The van der Waals surface area contributed by atoms with Gasteiger partial charge in [-0.15, -0.1) is 22.7 Å². The highest BCUT2D eigenvalue weighted by atomic mass is 32.1. The van der Waals surface area contributed by atoms with Gasteiger partial charge in [0.05, 0.1) is 19.1 Å². The Bertz CT molecular complexity index is 494. The number of rotatable bonds is 5. The second kappa shape index (κ2) is 6.52. The van der Waals surface area contributed by atoms with E-state index in [1.807, 2.05) is 17.0 Å². The molecule has 0 radical (unpaired) electrons. The third kappa shape index (κ3) is 3.29. The van der Waals surface area contributed by atoms with E-state index in [-0.39, 0.29) is 11.9 Å².